The van der Waals surface area contributed by atoms with Crippen molar-refractivity contribution in [2.45, 2.75) is 30.8 Å². The maximum atomic E-state index is 12.9. The highest BCUT2D eigenvalue weighted by molar-refractivity contribution is 5.74. The Hall–Kier alpha value is -1.99. The first-order chi connectivity index (χ1) is 9.31. The third-order valence-electron chi connectivity index (χ3n) is 3.05. The Kier molecular flexibility index (Phi) is 5.60. The molecule has 0 aliphatic heterocycles. The first-order valence-corrected chi connectivity index (χ1v) is 6.03. The summed E-state index contributed by atoms with van der Waals surface area (Å²) in [7, 11) is 0. The molecule has 0 spiro atoms. The van der Waals surface area contributed by atoms with Crippen molar-refractivity contribution in [2.75, 3.05) is 0 Å². The normalized spacial score (nSPS) is 15.3. The molecule has 0 saturated heterocycles. The zero-order valence-corrected chi connectivity index (χ0v) is 10.7. The van der Waals surface area contributed by atoms with Crippen molar-refractivity contribution in [2.24, 2.45) is 11.5 Å². The van der Waals surface area contributed by atoms with Crippen molar-refractivity contribution >= 4 is 11.9 Å². The molecule has 0 aliphatic rings. The maximum Gasteiger partial charge on any atom is 0.320 e. The molecule has 0 saturated carbocycles. The second kappa shape index (κ2) is 6.97. The van der Waals surface area contributed by atoms with Crippen LogP contribution in [0.5, 0.6) is 0 Å². The lowest BCUT2D eigenvalue weighted by Crippen LogP contribution is -2.36. The van der Waals surface area contributed by atoms with E-state index >= 15 is 0 Å². The summed E-state index contributed by atoms with van der Waals surface area (Å²) in [6.07, 6.45) is 0.0594. The molecule has 6 nitrogen and oxygen atoms in total. The molecule has 0 aliphatic carbocycles. The highest BCUT2D eigenvalue weighted by Crippen LogP contribution is 2.26. The number of nitrogens with two attached hydrogens (primary N) is 2. The lowest BCUT2D eigenvalue weighted by Gasteiger charge is -2.21. The van der Waals surface area contributed by atoms with E-state index in [2.05, 4.69) is 0 Å². The summed E-state index contributed by atoms with van der Waals surface area (Å²) >= 11 is 0. The van der Waals surface area contributed by atoms with E-state index in [1.54, 1.807) is 0 Å². The molecule has 0 amide bonds. The van der Waals surface area contributed by atoms with Gasteiger partial charge in [0.1, 0.15) is 17.9 Å². The van der Waals surface area contributed by atoms with E-state index in [9.17, 15) is 14.0 Å². The fraction of sp³-hybridized carbons (Fsp3) is 0.385. The zero-order valence-electron chi connectivity index (χ0n) is 10.7. The maximum absolute atomic E-state index is 12.9. The van der Waals surface area contributed by atoms with E-state index in [1.165, 1.54) is 24.3 Å². The van der Waals surface area contributed by atoms with Gasteiger partial charge in [0.05, 0.1) is 0 Å². The number of carbonyl (C=O) groups is 2. The lowest BCUT2D eigenvalue weighted by atomic mass is 9.87. The van der Waals surface area contributed by atoms with Gasteiger partial charge in [-0.2, -0.15) is 0 Å². The van der Waals surface area contributed by atoms with Gasteiger partial charge in [0.25, 0.3) is 0 Å². The van der Waals surface area contributed by atoms with Gasteiger partial charge in [-0.15, -0.1) is 0 Å². The molecule has 110 valence electrons. The van der Waals surface area contributed by atoms with Crippen LogP contribution < -0.4 is 11.5 Å². The van der Waals surface area contributed by atoms with Gasteiger partial charge in [0.2, 0.25) is 0 Å². The minimum absolute atomic E-state index is 0.0297. The molecule has 2 atom stereocenters. The van der Waals surface area contributed by atoms with E-state index in [0.29, 0.717) is 5.56 Å². The Morgan fingerprint density at radius 2 is 1.40 bits per heavy atom. The number of halogens is 1. The van der Waals surface area contributed by atoms with Gasteiger partial charge < -0.3 is 21.7 Å². The van der Waals surface area contributed by atoms with E-state index in [0.717, 1.165) is 0 Å². The summed E-state index contributed by atoms with van der Waals surface area (Å²) in [5.74, 6) is -3.26. The quantitative estimate of drug-likeness (QED) is 0.578. The zero-order chi connectivity index (χ0) is 15.3. The molecule has 0 heterocycles. The first-order valence-electron chi connectivity index (χ1n) is 6.03. The molecule has 0 radical (unpaired) electrons. The van der Waals surface area contributed by atoms with E-state index in [4.69, 9.17) is 21.7 Å². The monoisotopic (exact) mass is 284 g/mol. The average Bonchev–Trinajstić information content (AvgIpc) is 2.38. The van der Waals surface area contributed by atoms with Gasteiger partial charge in [0, 0.05) is 0 Å². The SMILES string of the molecule is NC(CC(CC(N)C(=O)O)c1ccc(F)cc1)C(=O)O. The molecule has 1 aromatic rings. The van der Waals surface area contributed by atoms with Gasteiger partial charge in [-0.05, 0) is 36.5 Å². The van der Waals surface area contributed by atoms with Crippen LogP contribution in [0.1, 0.15) is 24.3 Å². The Balaban J connectivity index is 2.91. The molecular formula is C13H17FN2O4. The number of rotatable bonds is 7. The number of carboxylic acid groups (broad SMARTS) is 2. The molecule has 1 rings (SSSR count). The number of hydrogen-bond acceptors (Lipinski definition) is 4. The largest absolute Gasteiger partial charge is 0.480 e. The highest BCUT2D eigenvalue weighted by atomic mass is 19.1. The Morgan fingerprint density at radius 3 is 1.75 bits per heavy atom. The van der Waals surface area contributed by atoms with E-state index in [-0.39, 0.29) is 12.8 Å². The summed E-state index contributed by atoms with van der Waals surface area (Å²) in [5.41, 5.74) is 11.6. The third kappa shape index (κ3) is 4.60. The Morgan fingerprint density at radius 1 is 1.00 bits per heavy atom. The van der Waals surface area contributed by atoms with Crippen LogP contribution in [0.2, 0.25) is 0 Å². The van der Waals surface area contributed by atoms with Crippen LogP contribution in [0.15, 0.2) is 24.3 Å². The van der Waals surface area contributed by atoms with Crippen molar-refractivity contribution < 1.29 is 24.2 Å². The van der Waals surface area contributed by atoms with Crippen LogP contribution in [-0.4, -0.2) is 34.2 Å². The van der Waals surface area contributed by atoms with Gasteiger partial charge in [0.15, 0.2) is 0 Å². The fourth-order valence-electron chi connectivity index (χ4n) is 1.92. The topological polar surface area (TPSA) is 127 Å². The van der Waals surface area contributed by atoms with E-state index in [1.807, 2.05) is 0 Å². The summed E-state index contributed by atoms with van der Waals surface area (Å²) in [6, 6.07) is 3.13. The highest BCUT2D eigenvalue weighted by Gasteiger charge is 2.24. The van der Waals surface area contributed by atoms with Gasteiger partial charge in [-0.3, -0.25) is 9.59 Å². The second-order valence-electron chi connectivity index (χ2n) is 4.61. The Labute approximate surface area is 115 Å². The number of carboxylic acids is 2. The van der Waals surface area contributed by atoms with Crippen molar-refractivity contribution in [1.82, 2.24) is 0 Å². The summed E-state index contributed by atoms with van der Waals surface area (Å²) in [4.78, 5) is 21.6. The van der Waals surface area contributed by atoms with Crippen LogP contribution in [0.25, 0.3) is 0 Å². The number of aliphatic carboxylic acids is 2. The van der Waals surface area contributed by atoms with Gasteiger partial charge in [-0.1, -0.05) is 12.1 Å². The van der Waals surface area contributed by atoms with E-state index < -0.39 is 35.8 Å². The summed E-state index contributed by atoms with van der Waals surface area (Å²) < 4.78 is 12.9. The molecule has 20 heavy (non-hydrogen) atoms. The predicted octanol–water partition coefficient (Wildman–Crippen LogP) is 0.513. The predicted molar refractivity (Wildman–Crippen MR) is 69.6 cm³/mol. The van der Waals surface area contributed by atoms with Crippen molar-refractivity contribution in [3.05, 3.63) is 35.6 Å². The van der Waals surface area contributed by atoms with Crippen LogP contribution in [0.4, 0.5) is 4.39 Å². The number of benzene rings is 1. The lowest BCUT2D eigenvalue weighted by molar-refractivity contribution is -0.139. The standard InChI is InChI=1S/C13H17FN2O4/c14-9-3-1-7(2-4-9)8(5-10(15)12(17)18)6-11(16)13(19)20/h1-4,8,10-11H,5-6,15-16H2,(H,17,18)(H,19,20). The van der Waals surface area contributed by atoms with Crippen LogP contribution in [-0.2, 0) is 9.59 Å². The molecule has 0 fully saturated rings. The van der Waals surface area contributed by atoms with Crippen LogP contribution in [0, 0.1) is 5.82 Å². The molecule has 7 heteroatoms. The van der Waals surface area contributed by atoms with Crippen molar-refractivity contribution in [3.8, 4) is 0 Å². The summed E-state index contributed by atoms with van der Waals surface area (Å²) in [5, 5.41) is 17.7. The second-order valence-corrected chi connectivity index (χ2v) is 4.61. The molecule has 2 unspecified atom stereocenters. The van der Waals surface area contributed by atoms with Gasteiger partial charge >= 0.3 is 11.9 Å². The molecule has 0 bridgehead atoms. The van der Waals surface area contributed by atoms with Crippen molar-refractivity contribution in [3.63, 3.8) is 0 Å². The molecule has 0 aromatic heterocycles. The third-order valence-corrected chi connectivity index (χ3v) is 3.05. The molecular weight excluding hydrogens is 267 g/mol. The van der Waals surface area contributed by atoms with Crippen molar-refractivity contribution in [1.29, 1.82) is 0 Å². The smallest absolute Gasteiger partial charge is 0.320 e. The first kappa shape index (κ1) is 16.1. The fourth-order valence-corrected chi connectivity index (χ4v) is 1.92. The summed E-state index contributed by atoms with van der Waals surface area (Å²) in [6.45, 7) is 0. The van der Waals surface area contributed by atoms with Gasteiger partial charge in [-0.25, -0.2) is 4.39 Å². The molecule has 6 N–H and O–H groups in total. The minimum Gasteiger partial charge on any atom is -0.480 e. The Bertz CT molecular complexity index is 456. The minimum atomic E-state index is -1.18. The van der Waals surface area contributed by atoms with Crippen LogP contribution in [0.3, 0.4) is 0 Å². The number of hydrogen-bond donors (Lipinski definition) is 4. The average molecular weight is 284 g/mol. The molecule has 1 aromatic carbocycles. The van der Waals surface area contributed by atoms with Crippen LogP contribution >= 0.6 is 0 Å².